The highest BCUT2D eigenvalue weighted by Crippen LogP contribution is 2.56. The third kappa shape index (κ3) is 4.93. The van der Waals surface area contributed by atoms with E-state index in [1.807, 2.05) is 24.3 Å². The van der Waals surface area contributed by atoms with E-state index in [0.29, 0.717) is 35.2 Å². The molecule has 38 heavy (non-hydrogen) atoms. The molecule has 0 unspecified atom stereocenters. The molecule has 1 aliphatic heterocycles. The van der Waals surface area contributed by atoms with Gasteiger partial charge in [0.15, 0.2) is 23.0 Å². The third-order valence-corrected chi connectivity index (χ3v) is 7.42. The summed E-state index contributed by atoms with van der Waals surface area (Å²) in [4.78, 5) is 26.1. The molecule has 0 amide bonds. The lowest BCUT2D eigenvalue weighted by atomic mass is 9.66. The van der Waals surface area contributed by atoms with Crippen LogP contribution in [0.4, 0.5) is 0 Å². The van der Waals surface area contributed by atoms with Crippen molar-refractivity contribution < 1.29 is 42.7 Å². The summed E-state index contributed by atoms with van der Waals surface area (Å²) in [6.07, 6.45) is 2.33. The van der Waals surface area contributed by atoms with Crippen LogP contribution in [0.3, 0.4) is 0 Å². The first-order valence-corrected chi connectivity index (χ1v) is 12.8. The van der Waals surface area contributed by atoms with Crippen LogP contribution in [-0.2, 0) is 19.1 Å². The number of benzene rings is 2. The molecule has 0 N–H and O–H groups in total. The Morgan fingerprint density at radius 2 is 1.45 bits per heavy atom. The molecule has 2 aliphatic rings. The Kier molecular flexibility index (Phi) is 8.54. The Hall–Kier alpha value is -3.62. The molecule has 4 rings (SSSR count). The molecule has 2 aromatic carbocycles. The Morgan fingerprint density at radius 1 is 0.842 bits per heavy atom. The molecule has 9 heteroatoms. The van der Waals surface area contributed by atoms with Crippen LogP contribution in [0.15, 0.2) is 24.3 Å². The van der Waals surface area contributed by atoms with Crippen LogP contribution in [0.1, 0.15) is 61.3 Å². The highest BCUT2D eigenvalue weighted by Gasteiger charge is 2.54. The number of hydrogen-bond acceptors (Lipinski definition) is 9. The molecule has 0 radical (unpaired) electrons. The van der Waals surface area contributed by atoms with Gasteiger partial charge in [-0.1, -0.05) is 19.8 Å². The molecule has 206 valence electrons. The zero-order chi connectivity index (χ0) is 27.4. The van der Waals surface area contributed by atoms with E-state index in [1.54, 1.807) is 28.4 Å². The first kappa shape index (κ1) is 27.4. The fourth-order valence-corrected chi connectivity index (χ4v) is 5.60. The number of fused-ring (bicyclic) bond motifs is 2. The lowest BCUT2D eigenvalue weighted by molar-refractivity contribution is -0.154. The number of esters is 2. The van der Waals surface area contributed by atoms with E-state index in [0.717, 1.165) is 36.0 Å². The minimum atomic E-state index is -0.673. The Labute approximate surface area is 223 Å². The van der Waals surface area contributed by atoms with Gasteiger partial charge in [0.2, 0.25) is 5.75 Å². The zero-order valence-corrected chi connectivity index (χ0v) is 22.8. The van der Waals surface area contributed by atoms with E-state index in [2.05, 4.69) is 6.92 Å². The number of methoxy groups -OCH3 is 5. The van der Waals surface area contributed by atoms with Gasteiger partial charge in [0, 0.05) is 23.8 Å². The second kappa shape index (κ2) is 11.8. The van der Waals surface area contributed by atoms with Crippen molar-refractivity contribution in [1.29, 1.82) is 0 Å². The summed E-state index contributed by atoms with van der Waals surface area (Å²) in [6.45, 7) is 2.23. The predicted molar refractivity (Wildman–Crippen MR) is 138 cm³/mol. The molecular weight excluding hydrogens is 492 g/mol. The van der Waals surface area contributed by atoms with Crippen LogP contribution >= 0.6 is 0 Å². The van der Waals surface area contributed by atoms with Gasteiger partial charge in [0.05, 0.1) is 48.1 Å². The van der Waals surface area contributed by atoms with Crippen LogP contribution in [0, 0.1) is 11.8 Å². The van der Waals surface area contributed by atoms with Crippen molar-refractivity contribution in [3.63, 3.8) is 0 Å². The van der Waals surface area contributed by atoms with Crippen LogP contribution in [0.2, 0.25) is 0 Å². The van der Waals surface area contributed by atoms with Crippen molar-refractivity contribution >= 4 is 11.9 Å². The minimum absolute atomic E-state index is 0.144. The normalized spacial score (nSPS) is 21.6. The Balaban J connectivity index is 1.90. The highest BCUT2D eigenvalue weighted by atomic mass is 16.6. The van der Waals surface area contributed by atoms with E-state index >= 15 is 0 Å². The molecule has 0 spiro atoms. The summed E-state index contributed by atoms with van der Waals surface area (Å²) < 4.78 is 39.6. The Morgan fingerprint density at radius 3 is 2.00 bits per heavy atom. The maximum Gasteiger partial charge on any atom is 0.310 e. The van der Waals surface area contributed by atoms with Crippen LogP contribution in [0.25, 0.3) is 0 Å². The molecule has 4 atom stereocenters. The van der Waals surface area contributed by atoms with E-state index < -0.39 is 17.9 Å². The number of cyclic esters (lactones) is 1. The van der Waals surface area contributed by atoms with Gasteiger partial charge in [-0.25, -0.2) is 0 Å². The molecule has 9 nitrogen and oxygen atoms in total. The summed E-state index contributed by atoms with van der Waals surface area (Å²) in [7, 11) is 7.74. The molecule has 0 bridgehead atoms. The molecule has 2 aromatic rings. The van der Waals surface area contributed by atoms with Gasteiger partial charge in [-0.2, -0.15) is 0 Å². The first-order chi connectivity index (χ1) is 18.4. The van der Waals surface area contributed by atoms with Gasteiger partial charge in [-0.3, -0.25) is 9.59 Å². The van der Waals surface area contributed by atoms with E-state index in [-0.39, 0.29) is 24.5 Å². The molecule has 0 aromatic heterocycles. The van der Waals surface area contributed by atoms with Gasteiger partial charge in [-0.15, -0.1) is 0 Å². The maximum atomic E-state index is 13.2. The van der Waals surface area contributed by atoms with Crippen molar-refractivity contribution in [2.24, 2.45) is 11.8 Å². The average molecular weight is 529 g/mol. The van der Waals surface area contributed by atoms with Crippen molar-refractivity contribution in [3.8, 4) is 28.7 Å². The number of ether oxygens (including phenoxy) is 7. The van der Waals surface area contributed by atoms with E-state index in [4.69, 9.17) is 33.2 Å². The molecule has 0 saturated carbocycles. The number of carbonyl (C=O) groups excluding carboxylic acids is 2. The van der Waals surface area contributed by atoms with Crippen molar-refractivity contribution in [3.05, 3.63) is 41.0 Å². The zero-order valence-electron chi connectivity index (χ0n) is 22.8. The number of rotatable bonds is 11. The second-order valence-corrected chi connectivity index (χ2v) is 9.46. The number of hydrogen-bond donors (Lipinski definition) is 0. The van der Waals surface area contributed by atoms with Gasteiger partial charge in [0.25, 0.3) is 0 Å². The Bertz CT molecular complexity index is 1150. The van der Waals surface area contributed by atoms with Gasteiger partial charge < -0.3 is 33.2 Å². The fourth-order valence-electron chi connectivity index (χ4n) is 5.60. The fraction of sp³-hybridized carbons (Fsp3) is 0.517. The second-order valence-electron chi connectivity index (χ2n) is 9.46. The summed E-state index contributed by atoms with van der Waals surface area (Å²) in [5.41, 5.74) is 2.31. The molecule has 1 aliphatic carbocycles. The van der Waals surface area contributed by atoms with E-state index in [1.165, 1.54) is 7.11 Å². The summed E-state index contributed by atoms with van der Waals surface area (Å²) in [6, 6.07) is 7.36. The summed E-state index contributed by atoms with van der Waals surface area (Å²) >= 11 is 0. The summed E-state index contributed by atoms with van der Waals surface area (Å²) in [5.74, 6) is 0.318. The van der Waals surface area contributed by atoms with Crippen LogP contribution in [-0.4, -0.2) is 54.1 Å². The molecular formula is C29H36O9. The largest absolute Gasteiger partial charge is 0.493 e. The number of carbonyl (C=O) groups is 2. The first-order valence-electron chi connectivity index (χ1n) is 12.8. The maximum absolute atomic E-state index is 13.2. The van der Waals surface area contributed by atoms with Crippen molar-refractivity contribution in [1.82, 2.24) is 0 Å². The van der Waals surface area contributed by atoms with E-state index in [9.17, 15) is 9.59 Å². The van der Waals surface area contributed by atoms with Gasteiger partial charge >= 0.3 is 11.9 Å². The lowest BCUT2D eigenvalue weighted by Gasteiger charge is -2.39. The predicted octanol–water partition coefficient (Wildman–Crippen LogP) is 4.83. The average Bonchev–Trinajstić information content (AvgIpc) is 3.32. The number of unbranched alkanes of at least 4 members (excludes halogenated alkanes) is 2. The van der Waals surface area contributed by atoms with Gasteiger partial charge in [0.1, 0.15) is 6.10 Å². The smallest absolute Gasteiger partial charge is 0.310 e. The third-order valence-electron chi connectivity index (χ3n) is 7.42. The van der Waals surface area contributed by atoms with Gasteiger partial charge in [-0.05, 0) is 41.8 Å². The topological polar surface area (TPSA) is 98.8 Å². The lowest BCUT2D eigenvalue weighted by Crippen LogP contribution is -2.36. The van der Waals surface area contributed by atoms with Crippen LogP contribution < -0.4 is 23.7 Å². The molecule has 1 heterocycles. The minimum Gasteiger partial charge on any atom is -0.493 e. The monoisotopic (exact) mass is 528 g/mol. The SMILES string of the molecule is CCCCCC(=O)O[C@@H]1c2cc(OC)c(OC)cc2[C@@H](c2cc(OC)c(OC)c(OC)c2)[C@H]2C(=O)OC[C@@H]21. The van der Waals surface area contributed by atoms with Crippen molar-refractivity contribution in [2.45, 2.75) is 44.6 Å². The molecule has 1 fully saturated rings. The van der Waals surface area contributed by atoms with Crippen molar-refractivity contribution in [2.75, 3.05) is 42.2 Å². The quantitative estimate of drug-likeness (QED) is 0.300. The summed E-state index contributed by atoms with van der Waals surface area (Å²) in [5, 5.41) is 0. The highest BCUT2D eigenvalue weighted by molar-refractivity contribution is 5.79. The standard InChI is InChI=1S/C29H36O9/c1-7-8-9-10-24(30)38-27-18-14-21(33-3)20(32-2)13-17(18)25(26-19(27)15-37-29(26)31)16-11-22(34-4)28(36-6)23(12-16)35-5/h11-14,19,25-27H,7-10,15H2,1-6H3/t19-,25+,26-,27+/m0/s1. The van der Waals surface area contributed by atoms with Crippen LogP contribution in [0.5, 0.6) is 28.7 Å². The molecule has 1 saturated heterocycles.